The molecule has 1 rings (SSSR count). The number of rotatable bonds is 3. The molecule has 0 unspecified atom stereocenters. The average Bonchev–Trinajstić information content (AvgIpc) is 2.50. The van der Waals surface area contributed by atoms with Gasteiger partial charge in [0.05, 0.1) is 12.6 Å². The summed E-state index contributed by atoms with van der Waals surface area (Å²) in [5, 5.41) is 16.2. The predicted octanol–water partition coefficient (Wildman–Crippen LogP) is -0.710. The summed E-state index contributed by atoms with van der Waals surface area (Å²) >= 11 is 0. The summed E-state index contributed by atoms with van der Waals surface area (Å²) in [6.07, 6.45) is 1.60. The van der Waals surface area contributed by atoms with Gasteiger partial charge in [0.15, 0.2) is 5.82 Å². The van der Waals surface area contributed by atoms with Crippen molar-refractivity contribution in [1.29, 1.82) is 0 Å². The molecule has 0 aliphatic carbocycles. The van der Waals surface area contributed by atoms with Crippen LogP contribution >= 0.6 is 0 Å². The van der Waals surface area contributed by atoms with E-state index in [2.05, 4.69) is 10.2 Å². The van der Waals surface area contributed by atoms with Crippen molar-refractivity contribution in [3.63, 3.8) is 0 Å². The monoisotopic (exact) mass is 156 g/mol. The Kier molecular flexibility index (Phi) is 2.56. The SMILES string of the molecule is CCn1cnnc1[C@H](N)CO. The molecular formula is C6H12N4O. The van der Waals surface area contributed by atoms with Crippen LogP contribution in [0.5, 0.6) is 0 Å². The lowest BCUT2D eigenvalue weighted by Crippen LogP contribution is -2.19. The lowest BCUT2D eigenvalue weighted by molar-refractivity contribution is 0.260. The van der Waals surface area contributed by atoms with E-state index in [9.17, 15) is 0 Å². The number of aryl methyl sites for hydroxylation is 1. The van der Waals surface area contributed by atoms with Gasteiger partial charge in [0.25, 0.3) is 0 Å². The van der Waals surface area contributed by atoms with Crippen LogP contribution < -0.4 is 5.73 Å². The van der Waals surface area contributed by atoms with Crippen LogP contribution in [0, 0.1) is 0 Å². The average molecular weight is 156 g/mol. The van der Waals surface area contributed by atoms with Crippen molar-refractivity contribution in [2.24, 2.45) is 5.73 Å². The summed E-state index contributed by atoms with van der Waals surface area (Å²) in [5.41, 5.74) is 5.54. The fraction of sp³-hybridized carbons (Fsp3) is 0.667. The Morgan fingerprint density at radius 3 is 3.09 bits per heavy atom. The van der Waals surface area contributed by atoms with Gasteiger partial charge in [0, 0.05) is 6.54 Å². The first-order chi connectivity index (χ1) is 5.29. The van der Waals surface area contributed by atoms with Crippen LogP contribution in [0.15, 0.2) is 6.33 Å². The molecule has 1 aromatic heterocycles. The van der Waals surface area contributed by atoms with Gasteiger partial charge in [-0.3, -0.25) is 0 Å². The zero-order chi connectivity index (χ0) is 8.27. The highest BCUT2D eigenvalue weighted by Crippen LogP contribution is 2.04. The minimum Gasteiger partial charge on any atom is -0.394 e. The summed E-state index contributed by atoms with van der Waals surface area (Å²) in [5.74, 6) is 0.634. The predicted molar refractivity (Wildman–Crippen MR) is 39.7 cm³/mol. The Labute approximate surface area is 64.9 Å². The molecule has 1 atom stereocenters. The first-order valence-electron chi connectivity index (χ1n) is 3.53. The van der Waals surface area contributed by atoms with Crippen LogP contribution in [0.25, 0.3) is 0 Å². The van der Waals surface area contributed by atoms with Crippen LogP contribution in [-0.4, -0.2) is 26.5 Å². The number of nitrogens with zero attached hydrogens (tertiary/aromatic N) is 3. The maximum Gasteiger partial charge on any atom is 0.152 e. The molecule has 0 aromatic carbocycles. The van der Waals surface area contributed by atoms with E-state index in [0.29, 0.717) is 5.82 Å². The van der Waals surface area contributed by atoms with Crippen LogP contribution in [-0.2, 0) is 6.54 Å². The lowest BCUT2D eigenvalue weighted by Gasteiger charge is -2.07. The molecule has 0 saturated heterocycles. The number of nitrogens with two attached hydrogens (primary N) is 1. The van der Waals surface area contributed by atoms with E-state index in [1.54, 1.807) is 10.9 Å². The third-order valence-electron chi connectivity index (χ3n) is 1.51. The zero-order valence-electron chi connectivity index (χ0n) is 6.44. The van der Waals surface area contributed by atoms with Gasteiger partial charge in [0.2, 0.25) is 0 Å². The smallest absolute Gasteiger partial charge is 0.152 e. The molecule has 3 N–H and O–H groups in total. The first-order valence-corrected chi connectivity index (χ1v) is 3.53. The first kappa shape index (κ1) is 8.16. The summed E-state index contributed by atoms with van der Waals surface area (Å²) in [4.78, 5) is 0. The van der Waals surface area contributed by atoms with Gasteiger partial charge < -0.3 is 15.4 Å². The largest absolute Gasteiger partial charge is 0.394 e. The van der Waals surface area contributed by atoms with Gasteiger partial charge in [0.1, 0.15) is 6.33 Å². The third-order valence-corrected chi connectivity index (χ3v) is 1.51. The van der Waals surface area contributed by atoms with E-state index in [0.717, 1.165) is 6.54 Å². The number of hydrogen-bond acceptors (Lipinski definition) is 4. The van der Waals surface area contributed by atoms with Crippen LogP contribution in [0.1, 0.15) is 18.8 Å². The maximum atomic E-state index is 8.72. The van der Waals surface area contributed by atoms with Crippen molar-refractivity contribution in [1.82, 2.24) is 14.8 Å². The van der Waals surface area contributed by atoms with E-state index in [-0.39, 0.29) is 6.61 Å². The quantitative estimate of drug-likeness (QED) is 0.606. The number of aromatic nitrogens is 3. The van der Waals surface area contributed by atoms with E-state index in [1.807, 2.05) is 6.92 Å². The Hall–Kier alpha value is -0.940. The Bertz CT molecular complexity index is 222. The second-order valence-corrected chi connectivity index (χ2v) is 2.26. The molecule has 0 saturated carbocycles. The van der Waals surface area contributed by atoms with Gasteiger partial charge in [-0.2, -0.15) is 0 Å². The van der Waals surface area contributed by atoms with Gasteiger partial charge in [-0.25, -0.2) is 0 Å². The Balaban J connectivity index is 2.83. The fourth-order valence-electron chi connectivity index (χ4n) is 0.876. The van der Waals surface area contributed by atoms with Gasteiger partial charge in [-0.05, 0) is 6.92 Å². The van der Waals surface area contributed by atoms with E-state index in [4.69, 9.17) is 10.8 Å². The van der Waals surface area contributed by atoms with Crippen molar-refractivity contribution >= 4 is 0 Å². The molecule has 0 fully saturated rings. The minimum absolute atomic E-state index is 0.0985. The number of aliphatic hydroxyl groups is 1. The molecule has 5 nitrogen and oxygen atoms in total. The molecule has 0 aliphatic rings. The van der Waals surface area contributed by atoms with E-state index < -0.39 is 6.04 Å². The molecular weight excluding hydrogens is 144 g/mol. The molecule has 1 aromatic rings. The summed E-state index contributed by atoms with van der Waals surface area (Å²) in [6.45, 7) is 2.64. The molecule has 1 heterocycles. The fourth-order valence-corrected chi connectivity index (χ4v) is 0.876. The summed E-state index contributed by atoms with van der Waals surface area (Å²) < 4.78 is 1.81. The molecule has 0 spiro atoms. The Morgan fingerprint density at radius 2 is 2.55 bits per heavy atom. The van der Waals surface area contributed by atoms with E-state index >= 15 is 0 Å². The second-order valence-electron chi connectivity index (χ2n) is 2.26. The third kappa shape index (κ3) is 1.55. The number of hydrogen-bond donors (Lipinski definition) is 2. The summed E-state index contributed by atoms with van der Waals surface area (Å²) in [7, 11) is 0. The zero-order valence-corrected chi connectivity index (χ0v) is 6.44. The van der Waals surface area contributed by atoms with E-state index in [1.165, 1.54) is 0 Å². The molecule has 11 heavy (non-hydrogen) atoms. The molecule has 0 aliphatic heterocycles. The molecule has 5 heteroatoms. The molecule has 0 bridgehead atoms. The standard InChI is InChI=1S/C6H12N4O/c1-2-10-4-8-9-6(10)5(7)3-11/h4-5,11H,2-3,7H2,1H3/t5-/m1/s1. The van der Waals surface area contributed by atoms with Crippen LogP contribution in [0.4, 0.5) is 0 Å². The van der Waals surface area contributed by atoms with Crippen molar-refractivity contribution in [3.05, 3.63) is 12.2 Å². The topological polar surface area (TPSA) is 77.0 Å². The van der Waals surface area contributed by atoms with Crippen molar-refractivity contribution in [2.75, 3.05) is 6.61 Å². The second kappa shape index (κ2) is 3.45. The van der Waals surface area contributed by atoms with Crippen LogP contribution in [0.3, 0.4) is 0 Å². The van der Waals surface area contributed by atoms with Gasteiger partial charge in [-0.1, -0.05) is 0 Å². The van der Waals surface area contributed by atoms with Crippen molar-refractivity contribution < 1.29 is 5.11 Å². The van der Waals surface area contributed by atoms with Crippen LogP contribution in [0.2, 0.25) is 0 Å². The molecule has 62 valence electrons. The maximum absolute atomic E-state index is 8.72. The number of aliphatic hydroxyl groups excluding tert-OH is 1. The minimum atomic E-state index is -0.419. The van der Waals surface area contributed by atoms with Crippen molar-refractivity contribution in [3.8, 4) is 0 Å². The summed E-state index contributed by atoms with van der Waals surface area (Å²) in [6, 6.07) is -0.419. The molecule has 0 radical (unpaired) electrons. The Morgan fingerprint density at radius 1 is 1.82 bits per heavy atom. The van der Waals surface area contributed by atoms with Crippen molar-refractivity contribution in [2.45, 2.75) is 19.5 Å². The normalized spacial score (nSPS) is 13.4. The van der Waals surface area contributed by atoms with Gasteiger partial charge in [-0.15, -0.1) is 10.2 Å². The highest BCUT2D eigenvalue weighted by atomic mass is 16.3. The highest BCUT2D eigenvalue weighted by molar-refractivity contribution is 4.92. The lowest BCUT2D eigenvalue weighted by atomic mass is 10.3. The van der Waals surface area contributed by atoms with Gasteiger partial charge >= 0.3 is 0 Å². The molecule has 0 amide bonds. The highest BCUT2D eigenvalue weighted by Gasteiger charge is 2.10.